The van der Waals surface area contributed by atoms with Crippen LogP contribution >= 0.6 is 0 Å². The summed E-state index contributed by atoms with van der Waals surface area (Å²) in [7, 11) is 0. The van der Waals surface area contributed by atoms with Gasteiger partial charge in [-0.05, 0) is 53.9 Å². The van der Waals surface area contributed by atoms with Gasteiger partial charge < -0.3 is 14.3 Å². The Balaban J connectivity index is 1.53. The van der Waals surface area contributed by atoms with Crippen LogP contribution in [0, 0.1) is 5.92 Å². The number of ether oxygens (including phenoxy) is 1. The van der Waals surface area contributed by atoms with Crippen molar-refractivity contribution in [3.8, 4) is 0 Å². The number of carbonyl (C=O) groups excluding carboxylic acids is 3. The van der Waals surface area contributed by atoms with E-state index in [-0.39, 0.29) is 17.3 Å². The molecule has 8 nitrogen and oxygen atoms in total. The van der Waals surface area contributed by atoms with Gasteiger partial charge in [0.15, 0.2) is 11.5 Å². The molecule has 3 heterocycles. The number of anilines is 1. The number of amides is 1. The second kappa shape index (κ2) is 9.73. The number of aromatic nitrogens is 1. The third kappa shape index (κ3) is 4.49. The number of nitrogens with zero attached hydrogens (tertiary/aromatic N) is 2. The molecule has 5 rings (SSSR count). The van der Waals surface area contributed by atoms with Crippen LogP contribution in [0.5, 0.6) is 0 Å². The topological polar surface area (TPSA) is 110 Å². The summed E-state index contributed by atoms with van der Waals surface area (Å²) in [4.78, 5) is 44.8. The van der Waals surface area contributed by atoms with Gasteiger partial charge in [0.25, 0.3) is 5.91 Å². The number of hydrogen-bond acceptors (Lipinski definition) is 7. The second-order valence-corrected chi connectivity index (χ2v) is 9.14. The van der Waals surface area contributed by atoms with E-state index in [1.807, 2.05) is 26.0 Å². The number of pyridine rings is 1. The number of hydrogen-bond donors (Lipinski definition) is 1. The zero-order valence-electron chi connectivity index (χ0n) is 20.3. The molecule has 0 fully saturated rings. The number of furan rings is 1. The van der Waals surface area contributed by atoms with Crippen LogP contribution in [0.1, 0.15) is 46.4 Å². The van der Waals surface area contributed by atoms with E-state index >= 15 is 0 Å². The minimum absolute atomic E-state index is 0.00883. The van der Waals surface area contributed by atoms with Gasteiger partial charge in [0.1, 0.15) is 5.58 Å². The van der Waals surface area contributed by atoms with Crippen molar-refractivity contribution < 1.29 is 28.6 Å². The van der Waals surface area contributed by atoms with E-state index in [0.717, 1.165) is 5.39 Å². The summed E-state index contributed by atoms with van der Waals surface area (Å²) in [6.45, 7) is 4.18. The van der Waals surface area contributed by atoms with Crippen LogP contribution in [0.2, 0.25) is 0 Å². The Labute approximate surface area is 212 Å². The molecule has 1 atom stereocenters. The number of para-hydroxylation sites is 1. The average molecular weight is 497 g/mol. The lowest BCUT2D eigenvalue weighted by atomic mass is 9.96. The Kier molecular flexibility index (Phi) is 6.31. The monoisotopic (exact) mass is 496 g/mol. The smallest absolute Gasteiger partial charge is 0.338 e. The van der Waals surface area contributed by atoms with Crippen molar-refractivity contribution in [1.82, 2.24) is 4.98 Å². The van der Waals surface area contributed by atoms with Crippen molar-refractivity contribution in [2.24, 2.45) is 5.92 Å². The summed E-state index contributed by atoms with van der Waals surface area (Å²) in [5.74, 6) is -2.29. The predicted molar refractivity (Wildman–Crippen MR) is 136 cm³/mol. The highest BCUT2D eigenvalue weighted by Gasteiger charge is 2.45. The van der Waals surface area contributed by atoms with Crippen molar-refractivity contribution in [2.75, 3.05) is 11.5 Å². The van der Waals surface area contributed by atoms with Gasteiger partial charge in [-0.1, -0.05) is 38.1 Å². The SMILES string of the molecule is CC(C)COC(=O)c1ccc(N2C(=O)C(O)=C(C(=O)c3cc4ccccc4o3)C2c2cccnc2)cc1. The second-order valence-electron chi connectivity index (χ2n) is 9.14. The van der Waals surface area contributed by atoms with E-state index in [0.29, 0.717) is 29.0 Å². The van der Waals surface area contributed by atoms with Crippen molar-refractivity contribution in [3.63, 3.8) is 0 Å². The molecule has 1 unspecified atom stereocenters. The minimum atomic E-state index is -0.958. The molecule has 186 valence electrons. The van der Waals surface area contributed by atoms with Crippen LogP contribution in [0.3, 0.4) is 0 Å². The number of benzene rings is 2. The third-order valence-corrected chi connectivity index (χ3v) is 6.03. The number of carbonyl (C=O) groups is 3. The standard InChI is InChI=1S/C29H24N2O6/c1-17(2)16-36-29(35)18-9-11-21(12-10-18)31-25(20-7-5-13-30-15-20)24(27(33)28(31)34)26(32)23-14-19-6-3-4-8-22(19)37-23/h3-15,17,25,33H,16H2,1-2H3. The number of fused-ring (bicyclic) bond motifs is 1. The fourth-order valence-electron chi connectivity index (χ4n) is 4.27. The van der Waals surface area contributed by atoms with Crippen LogP contribution in [0.4, 0.5) is 5.69 Å². The Morgan fingerprint density at radius 3 is 2.51 bits per heavy atom. The summed E-state index contributed by atoms with van der Waals surface area (Å²) in [6.07, 6.45) is 3.11. The summed E-state index contributed by atoms with van der Waals surface area (Å²) in [5.41, 5.74) is 1.64. The number of rotatable bonds is 7. The van der Waals surface area contributed by atoms with Crippen molar-refractivity contribution >= 4 is 34.3 Å². The predicted octanol–water partition coefficient (Wildman–Crippen LogP) is 5.42. The number of aliphatic hydroxyl groups excluding tert-OH is 1. The molecule has 1 N–H and O–H groups in total. The molecule has 0 spiro atoms. The lowest BCUT2D eigenvalue weighted by molar-refractivity contribution is -0.117. The first-order chi connectivity index (χ1) is 17.8. The van der Waals surface area contributed by atoms with Gasteiger partial charge in [0.05, 0.1) is 23.8 Å². The van der Waals surface area contributed by atoms with E-state index in [1.165, 1.54) is 11.1 Å². The first-order valence-corrected chi connectivity index (χ1v) is 11.8. The molecule has 1 amide bonds. The van der Waals surface area contributed by atoms with Gasteiger partial charge in [-0.2, -0.15) is 0 Å². The molecule has 0 radical (unpaired) electrons. The highest BCUT2D eigenvalue weighted by molar-refractivity contribution is 6.20. The van der Waals surface area contributed by atoms with Gasteiger partial charge in [0.2, 0.25) is 5.78 Å². The summed E-state index contributed by atoms with van der Waals surface area (Å²) < 4.78 is 11.0. The van der Waals surface area contributed by atoms with Gasteiger partial charge in [0, 0.05) is 23.5 Å². The molecule has 2 aromatic heterocycles. The summed E-state index contributed by atoms with van der Waals surface area (Å²) in [5, 5.41) is 11.7. The zero-order valence-corrected chi connectivity index (χ0v) is 20.3. The lowest BCUT2D eigenvalue weighted by Crippen LogP contribution is -2.31. The molecule has 8 heteroatoms. The van der Waals surface area contributed by atoms with E-state index in [9.17, 15) is 19.5 Å². The van der Waals surface area contributed by atoms with Crippen LogP contribution in [0.25, 0.3) is 11.0 Å². The van der Waals surface area contributed by atoms with Crippen LogP contribution < -0.4 is 4.90 Å². The first kappa shape index (κ1) is 24.0. The van der Waals surface area contributed by atoms with E-state index in [4.69, 9.17) is 9.15 Å². The first-order valence-electron chi connectivity index (χ1n) is 11.8. The van der Waals surface area contributed by atoms with Gasteiger partial charge in [-0.25, -0.2) is 4.79 Å². The van der Waals surface area contributed by atoms with Crippen LogP contribution in [0.15, 0.2) is 94.9 Å². The molecule has 1 aliphatic heterocycles. The Hall–Kier alpha value is -4.72. The maximum absolute atomic E-state index is 13.6. The zero-order chi connectivity index (χ0) is 26.1. The number of esters is 1. The summed E-state index contributed by atoms with van der Waals surface area (Å²) in [6, 6.07) is 17.4. The Morgan fingerprint density at radius 1 is 1.08 bits per heavy atom. The number of aliphatic hydroxyl groups is 1. The molecule has 1 aliphatic rings. The van der Waals surface area contributed by atoms with Gasteiger partial charge in [-0.15, -0.1) is 0 Å². The average Bonchev–Trinajstić information content (AvgIpc) is 3.46. The highest BCUT2D eigenvalue weighted by atomic mass is 16.5. The normalized spacial score (nSPS) is 15.6. The lowest BCUT2D eigenvalue weighted by Gasteiger charge is -2.26. The third-order valence-electron chi connectivity index (χ3n) is 6.03. The molecule has 0 saturated carbocycles. The van der Waals surface area contributed by atoms with E-state index in [2.05, 4.69) is 4.98 Å². The maximum atomic E-state index is 13.6. The molecule has 37 heavy (non-hydrogen) atoms. The molecule has 0 aliphatic carbocycles. The largest absolute Gasteiger partial charge is 0.503 e. The van der Waals surface area contributed by atoms with Crippen molar-refractivity contribution in [2.45, 2.75) is 19.9 Å². The van der Waals surface area contributed by atoms with Gasteiger partial charge >= 0.3 is 5.97 Å². The fraction of sp³-hybridized carbons (Fsp3) is 0.172. The molecule has 4 aromatic rings. The molecule has 0 saturated heterocycles. The molecular weight excluding hydrogens is 472 g/mol. The van der Waals surface area contributed by atoms with Crippen molar-refractivity contribution in [3.05, 3.63) is 107 Å². The highest BCUT2D eigenvalue weighted by Crippen LogP contribution is 2.42. The summed E-state index contributed by atoms with van der Waals surface area (Å²) >= 11 is 0. The molecule has 2 aromatic carbocycles. The van der Waals surface area contributed by atoms with Crippen molar-refractivity contribution in [1.29, 1.82) is 0 Å². The van der Waals surface area contributed by atoms with E-state index in [1.54, 1.807) is 60.8 Å². The quantitative estimate of drug-likeness (QED) is 0.269. The number of Topliss-reactive ketones (excluding diaryl/α,β-unsaturated/α-hetero) is 1. The van der Waals surface area contributed by atoms with E-state index < -0.39 is 29.5 Å². The Morgan fingerprint density at radius 2 is 1.84 bits per heavy atom. The number of ketones is 1. The van der Waals surface area contributed by atoms with Crippen LogP contribution in [-0.2, 0) is 9.53 Å². The fourth-order valence-corrected chi connectivity index (χ4v) is 4.27. The van der Waals surface area contributed by atoms with Crippen LogP contribution in [-0.4, -0.2) is 34.4 Å². The maximum Gasteiger partial charge on any atom is 0.338 e. The molecular formula is C29H24N2O6. The van der Waals surface area contributed by atoms with Gasteiger partial charge in [-0.3, -0.25) is 19.5 Å². The Bertz CT molecular complexity index is 1490. The minimum Gasteiger partial charge on any atom is -0.503 e. The molecule has 0 bridgehead atoms.